The number of hydrogen-bond acceptors (Lipinski definition) is 4. The van der Waals surface area contributed by atoms with Crippen LogP contribution >= 0.6 is 0 Å². The van der Waals surface area contributed by atoms with E-state index in [2.05, 4.69) is 0 Å². The summed E-state index contributed by atoms with van der Waals surface area (Å²) in [6.45, 7) is 1.02. The number of ether oxygens (including phenoxy) is 3. The predicted octanol–water partition coefficient (Wildman–Crippen LogP) is 4.77. The van der Waals surface area contributed by atoms with E-state index in [-0.39, 0.29) is 5.78 Å². The van der Waals surface area contributed by atoms with E-state index >= 15 is 0 Å². The first-order chi connectivity index (χ1) is 13.2. The van der Waals surface area contributed by atoms with Crippen molar-refractivity contribution in [3.63, 3.8) is 0 Å². The number of carbonyl (C=O) groups is 1. The van der Waals surface area contributed by atoms with Gasteiger partial charge in [-0.05, 0) is 52.7 Å². The van der Waals surface area contributed by atoms with Gasteiger partial charge in [0, 0.05) is 12.7 Å². The Morgan fingerprint density at radius 2 is 1.70 bits per heavy atom. The first kappa shape index (κ1) is 18.7. The minimum Gasteiger partial charge on any atom is -0.497 e. The summed E-state index contributed by atoms with van der Waals surface area (Å²) < 4.78 is 15.8. The average Bonchev–Trinajstić information content (AvgIpc) is 2.71. The quantitative estimate of drug-likeness (QED) is 0.329. The summed E-state index contributed by atoms with van der Waals surface area (Å²) in [5.74, 6) is 1.51. The molecule has 0 amide bonds. The van der Waals surface area contributed by atoms with E-state index < -0.39 is 0 Å². The summed E-state index contributed by atoms with van der Waals surface area (Å²) in [6, 6.07) is 19.1. The van der Waals surface area contributed by atoms with Gasteiger partial charge in [-0.25, -0.2) is 0 Å². The number of allylic oxidation sites excluding steroid dienone is 1. The minimum absolute atomic E-state index is 0.0431. The van der Waals surface area contributed by atoms with E-state index in [1.54, 1.807) is 26.4 Å². The molecule has 0 saturated carbocycles. The third kappa shape index (κ3) is 4.96. The van der Waals surface area contributed by atoms with E-state index in [4.69, 9.17) is 14.2 Å². The van der Waals surface area contributed by atoms with Crippen molar-refractivity contribution in [2.75, 3.05) is 27.4 Å². The molecule has 4 nitrogen and oxygen atoms in total. The normalized spacial score (nSPS) is 11.0. The highest BCUT2D eigenvalue weighted by Crippen LogP contribution is 2.22. The number of methoxy groups -OCH3 is 2. The molecule has 0 radical (unpaired) electrons. The van der Waals surface area contributed by atoms with Gasteiger partial charge in [-0.15, -0.1) is 0 Å². The SMILES string of the molecule is COCCOc1cccc(/C=C/C(=O)c2ccc3cc(OC)ccc3c2)c1. The minimum atomic E-state index is -0.0431. The second kappa shape index (κ2) is 9.01. The molecule has 138 valence electrons. The number of ketones is 1. The van der Waals surface area contributed by atoms with Crippen LogP contribution in [-0.2, 0) is 4.74 Å². The van der Waals surface area contributed by atoms with E-state index in [9.17, 15) is 4.79 Å². The lowest BCUT2D eigenvalue weighted by molar-refractivity contribution is 0.104. The van der Waals surface area contributed by atoms with Crippen molar-refractivity contribution in [3.05, 3.63) is 77.9 Å². The van der Waals surface area contributed by atoms with Gasteiger partial charge in [0.25, 0.3) is 0 Å². The standard InChI is InChI=1S/C23H22O4/c1-25-12-13-27-22-5-3-4-17(14-22)6-11-23(24)20-8-7-19-16-21(26-2)10-9-18(19)15-20/h3-11,14-16H,12-13H2,1-2H3/b11-6+. The first-order valence-electron chi connectivity index (χ1n) is 8.71. The lowest BCUT2D eigenvalue weighted by atomic mass is 10.0. The van der Waals surface area contributed by atoms with E-state index in [1.807, 2.05) is 60.7 Å². The van der Waals surface area contributed by atoms with Gasteiger partial charge in [-0.1, -0.05) is 36.4 Å². The monoisotopic (exact) mass is 362 g/mol. The zero-order valence-electron chi connectivity index (χ0n) is 15.5. The smallest absolute Gasteiger partial charge is 0.185 e. The van der Waals surface area contributed by atoms with Gasteiger partial charge in [0.1, 0.15) is 18.1 Å². The molecule has 0 aliphatic rings. The van der Waals surface area contributed by atoms with Gasteiger partial charge >= 0.3 is 0 Å². The maximum atomic E-state index is 12.5. The fourth-order valence-electron chi connectivity index (χ4n) is 2.72. The third-order valence-electron chi connectivity index (χ3n) is 4.17. The highest BCUT2D eigenvalue weighted by atomic mass is 16.5. The molecule has 0 N–H and O–H groups in total. The predicted molar refractivity (Wildman–Crippen MR) is 108 cm³/mol. The van der Waals surface area contributed by atoms with Crippen LogP contribution in [0.3, 0.4) is 0 Å². The number of rotatable bonds is 8. The van der Waals surface area contributed by atoms with Crippen LogP contribution in [0.1, 0.15) is 15.9 Å². The molecule has 0 spiro atoms. The maximum Gasteiger partial charge on any atom is 0.185 e. The number of benzene rings is 3. The lowest BCUT2D eigenvalue weighted by Gasteiger charge is -2.06. The fourth-order valence-corrected chi connectivity index (χ4v) is 2.72. The molecule has 0 fully saturated rings. The fraction of sp³-hybridized carbons (Fsp3) is 0.174. The molecule has 3 aromatic rings. The molecule has 3 aromatic carbocycles. The molecule has 27 heavy (non-hydrogen) atoms. The Hall–Kier alpha value is -3.11. The largest absolute Gasteiger partial charge is 0.497 e. The van der Waals surface area contributed by atoms with Crippen LogP contribution in [0.25, 0.3) is 16.8 Å². The van der Waals surface area contributed by atoms with Crippen LogP contribution in [0.15, 0.2) is 66.7 Å². The Morgan fingerprint density at radius 3 is 2.52 bits per heavy atom. The topological polar surface area (TPSA) is 44.8 Å². The maximum absolute atomic E-state index is 12.5. The molecular weight excluding hydrogens is 340 g/mol. The Bertz CT molecular complexity index is 960. The summed E-state index contributed by atoms with van der Waals surface area (Å²) in [4.78, 5) is 12.5. The molecule has 0 atom stereocenters. The van der Waals surface area contributed by atoms with E-state index in [0.717, 1.165) is 27.8 Å². The van der Waals surface area contributed by atoms with Gasteiger partial charge in [0.15, 0.2) is 5.78 Å². The van der Waals surface area contributed by atoms with Crippen molar-refractivity contribution in [1.82, 2.24) is 0 Å². The lowest BCUT2D eigenvalue weighted by Crippen LogP contribution is -2.04. The Morgan fingerprint density at radius 1 is 0.889 bits per heavy atom. The molecular formula is C23H22O4. The molecule has 0 saturated heterocycles. The van der Waals surface area contributed by atoms with Crippen molar-refractivity contribution in [2.45, 2.75) is 0 Å². The molecule has 0 aliphatic heterocycles. The van der Waals surface area contributed by atoms with Crippen LogP contribution < -0.4 is 9.47 Å². The number of carbonyl (C=O) groups excluding carboxylic acids is 1. The highest BCUT2D eigenvalue weighted by molar-refractivity contribution is 6.08. The van der Waals surface area contributed by atoms with Gasteiger partial charge in [0.2, 0.25) is 0 Å². The molecule has 0 aliphatic carbocycles. The van der Waals surface area contributed by atoms with Crippen molar-refractivity contribution >= 4 is 22.6 Å². The molecule has 0 bridgehead atoms. The van der Waals surface area contributed by atoms with Crippen LogP contribution in [0.2, 0.25) is 0 Å². The third-order valence-corrected chi connectivity index (χ3v) is 4.17. The van der Waals surface area contributed by atoms with Crippen molar-refractivity contribution in [3.8, 4) is 11.5 Å². The zero-order valence-corrected chi connectivity index (χ0v) is 15.5. The van der Waals surface area contributed by atoms with Crippen LogP contribution in [0, 0.1) is 0 Å². The van der Waals surface area contributed by atoms with Gasteiger partial charge in [-0.2, -0.15) is 0 Å². The van der Waals surface area contributed by atoms with E-state index in [0.29, 0.717) is 18.8 Å². The second-order valence-corrected chi connectivity index (χ2v) is 6.04. The summed E-state index contributed by atoms with van der Waals surface area (Å²) in [7, 11) is 3.28. The van der Waals surface area contributed by atoms with Crippen molar-refractivity contribution in [1.29, 1.82) is 0 Å². The van der Waals surface area contributed by atoms with Crippen molar-refractivity contribution < 1.29 is 19.0 Å². The van der Waals surface area contributed by atoms with Crippen molar-refractivity contribution in [2.24, 2.45) is 0 Å². The van der Waals surface area contributed by atoms with Crippen LogP contribution in [0.4, 0.5) is 0 Å². The van der Waals surface area contributed by atoms with E-state index in [1.165, 1.54) is 0 Å². The van der Waals surface area contributed by atoms with Gasteiger partial charge in [0.05, 0.1) is 13.7 Å². The Balaban J connectivity index is 1.73. The highest BCUT2D eigenvalue weighted by Gasteiger charge is 2.04. The Labute approximate surface area is 159 Å². The first-order valence-corrected chi connectivity index (χ1v) is 8.71. The Kier molecular flexibility index (Phi) is 6.23. The molecule has 0 aromatic heterocycles. The van der Waals surface area contributed by atoms with Crippen LogP contribution in [-0.4, -0.2) is 33.2 Å². The molecule has 0 heterocycles. The van der Waals surface area contributed by atoms with Crippen LogP contribution in [0.5, 0.6) is 11.5 Å². The average molecular weight is 362 g/mol. The summed E-state index contributed by atoms with van der Waals surface area (Å²) in [5.41, 5.74) is 1.56. The molecule has 3 rings (SSSR count). The summed E-state index contributed by atoms with van der Waals surface area (Å²) in [5, 5.41) is 2.04. The number of hydrogen-bond donors (Lipinski definition) is 0. The summed E-state index contributed by atoms with van der Waals surface area (Å²) >= 11 is 0. The molecule has 0 unspecified atom stereocenters. The van der Waals surface area contributed by atoms with Gasteiger partial charge < -0.3 is 14.2 Å². The van der Waals surface area contributed by atoms with Gasteiger partial charge in [-0.3, -0.25) is 4.79 Å². The molecule has 4 heteroatoms. The second-order valence-electron chi connectivity index (χ2n) is 6.04. The number of fused-ring (bicyclic) bond motifs is 1. The summed E-state index contributed by atoms with van der Waals surface area (Å²) in [6.07, 6.45) is 3.38. The zero-order chi connectivity index (χ0) is 19.1.